The van der Waals surface area contributed by atoms with Crippen LogP contribution in [0.3, 0.4) is 0 Å². The standard InChI is InChI=1S/C21H25ClN2/c1-2-11-23-12-14-24(15-13-23)21(19-8-4-3-5-9-19)17-18-7-6-10-20(22)16-18/h2-10,16,21H,1,11-15,17H2. The lowest BCUT2D eigenvalue weighted by Crippen LogP contribution is -2.47. The minimum atomic E-state index is 0.399. The van der Waals surface area contributed by atoms with Crippen molar-refractivity contribution in [1.29, 1.82) is 0 Å². The van der Waals surface area contributed by atoms with Gasteiger partial charge in [-0.2, -0.15) is 0 Å². The van der Waals surface area contributed by atoms with E-state index in [2.05, 4.69) is 58.8 Å². The predicted molar refractivity (Wildman–Crippen MR) is 103 cm³/mol. The van der Waals surface area contributed by atoms with Gasteiger partial charge in [0.25, 0.3) is 0 Å². The molecule has 0 N–H and O–H groups in total. The number of hydrogen-bond acceptors (Lipinski definition) is 2. The van der Waals surface area contributed by atoms with Crippen LogP contribution in [-0.2, 0) is 6.42 Å². The fourth-order valence-electron chi connectivity index (χ4n) is 3.46. The molecule has 0 amide bonds. The summed E-state index contributed by atoms with van der Waals surface area (Å²) in [4.78, 5) is 5.07. The second kappa shape index (κ2) is 8.48. The molecule has 1 atom stereocenters. The molecule has 0 radical (unpaired) electrons. The molecule has 1 aliphatic heterocycles. The quantitative estimate of drug-likeness (QED) is 0.718. The molecule has 1 heterocycles. The average molecular weight is 341 g/mol. The molecule has 0 aliphatic carbocycles. The van der Waals surface area contributed by atoms with Crippen molar-refractivity contribution in [2.24, 2.45) is 0 Å². The van der Waals surface area contributed by atoms with Crippen LogP contribution in [0, 0.1) is 0 Å². The minimum absolute atomic E-state index is 0.399. The van der Waals surface area contributed by atoms with E-state index in [-0.39, 0.29) is 0 Å². The number of halogens is 1. The second-order valence-corrected chi connectivity index (χ2v) is 6.82. The van der Waals surface area contributed by atoms with Crippen molar-refractivity contribution in [3.05, 3.63) is 83.4 Å². The van der Waals surface area contributed by atoms with Crippen LogP contribution in [0.4, 0.5) is 0 Å². The fourth-order valence-corrected chi connectivity index (χ4v) is 3.67. The monoisotopic (exact) mass is 340 g/mol. The summed E-state index contributed by atoms with van der Waals surface area (Å²) in [6.07, 6.45) is 2.99. The summed E-state index contributed by atoms with van der Waals surface area (Å²) in [5.41, 5.74) is 2.68. The Morgan fingerprint density at radius 2 is 1.75 bits per heavy atom. The molecule has 0 aromatic heterocycles. The number of rotatable bonds is 6. The number of benzene rings is 2. The zero-order valence-electron chi connectivity index (χ0n) is 14.1. The van der Waals surface area contributed by atoms with Gasteiger partial charge in [-0.15, -0.1) is 6.58 Å². The van der Waals surface area contributed by atoms with Gasteiger partial charge in [-0.05, 0) is 29.7 Å². The summed E-state index contributed by atoms with van der Waals surface area (Å²) in [6.45, 7) is 9.22. The minimum Gasteiger partial charge on any atom is -0.297 e. The summed E-state index contributed by atoms with van der Waals surface area (Å²) in [7, 11) is 0. The van der Waals surface area contributed by atoms with Gasteiger partial charge in [0.15, 0.2) is 0 Å². The highest BCUT2D eigenvalue weighted by molar-refractivity contribution is 6.30. The van der Waals surface area contributed by atoms with E-state index in [4.69, 9.17) is 11.6 Å². The van der Waals surface area contributed by atoms with Crippen LogP contribution in [0.2, 0.25) is 5.02 Å². The van der Waals surface area contributed by atoms with Gasteiger partial charge in [-0.25, -0.2) is 0 Å². The lowest BCUT2D eigenvalue weighted by atomic mass is 9.96. The third-order valence-corrected chi connectivity index (χ3v) is 4.97. The van der Waals surface area contributed by atoms with Crippen molar-refractivity contribution in [3.63, 3.8) is 0 Å². The zero-order valence-corrected chi connectivity index (χ0v) is 14.8. The smallest absolute Gasteiger partial charge is 0.0408 e. The van der Waals surface area contributed by atoms with Crippen molar-refractivity contribution < 1.29 is 0 Å². The Morgan fingerprint density at radius 3 is 2.42 bits per heavy atom. The van der Waals surface area contributed by atoms with E-state index >= 15 is 0 Å². The molecule has 0 saturated carbocycles. The summed E-state index contributed by atoms with van der Waals surface area (Å²) in [5.74, 6) is 0. The summed E-state index contributed by atoms with van der Waals surface area (Å²) >= 11 is 6.18. The van der Waals surface area contributed by atoms with E-state index in [9.17, 15) is 0 Å². The van der Waals surface area contributed by atoms with Crippen molar-refractivity contribution in [3.8, 4) is 0 Å². The van der Waals surface area contributed by atoms with Crippen molar-refractivity contribution in [2.75, 3.05) is 32.7 Å². The lowest BCUT2D eigenvalue weighted by Gasteiger charge is -2.39. The van der Waals surface area contributed by atoms with E-state index in [1.165, 1.54) is 11.1 Å². The van der Waals surface area contributed by atoms with E-state index in [1.54, 1.807) is 0 Å². The molecule has 0 bridgehead atoms. The largest absolute Gasteiger partial charge is 0.297 e. The highest BCUT2D eigenvalue weighted by Crippen LogP contribution is 2.27. The van der Waals surface area contributed by atoms with Gasteiger partial charge in [0.05, 0.1) is 0 Å². The second-order valence-electron chi connectivity index (χ2n) is 6.39. The molecular weight excluding hydrogens is 316 g/mol. The van der Waals surface area contributed by atoms with Crippen LogP contribution >= 0.6 is 11.6 Å². The molecule has 2 nitrogen and oxygen atoms in total. The Kier molecular flexibility index (Phi) is 6.08. The van der Waals surface area contributed by atoms with E-state index in [1.807, 2.05) is 18.2 Å². The highest BCUT2D eigenvalue weighted by Gasteiger charge is 2.24. The van der Waals surface area contributed by atoms with Crippen LogP contribution in [0.5, 0.6) is 0 Å². The molecule has 24 heavy (non-hydrogen) atoms. The Hall–Kier alpha value is -1.61. The van der Waals surface area contributed by atoms with Gasteiger partial charge in [-0.1, -0.05) is 60.1 Å². The molecular formula is C21H25ClN2. The molecule has 1 saturated heterocycles. The summed E-state index contributed by atoms with van der Waals surface area (Å²) < 4.78 is 0. The molecule has 2 aromatic carbocycles. The molecule has 126 valence electrons. The number of nitrogens with zero attached hydrogens (tertiary/aromatic N) is 2. The van der Waals surface area contributed by atoms with Gasteiger partial charge in [-0.3, -0.25) is 9.80 Å². The van der Waals surface area contributed by atoms with Crippen LogP contribution in [0.15, 0.2) is 67.3 Å². The highest BCUT2D eigenvalue weighted by atomic mass is 35.5. The van der Waals surface area contributed by atoms with Crippen LogP contribution in [0.1, 0.15) is 17.2 Å². The van der Waals surface area contributed by atoms with Gasteiger partial charge >= 0.3 is 0 Å². The third kappa shape index (κ3) is 4.47. The van der Waals surface area contributed by atoms with Gasteiger partial charge < -0.3 is 0 Å². The van der Waals surface area contributed by atoms with Gasteiger partial charge in [0.2, 0.25) is 0 Å². The predicted octanol–water partition coefficient (Wildman–Crippen LogP) is 4.43. The molecule has 0 spiro atoms. The maximum Gasteiger partial charge on any atom is 0.0408 e. The Labute approximate surface area is 150 Å². The first-order valence-corrected chi connectivity index (χ1v) is 9.01. The van der Waals surface area contributed by atoms with E-state index < -0.39 is 0 Å². The van der Waals surface area contributed by atoms with Crippen LogP contribution in [0.25, 0.3) is 0 Å². The average Bonchev–Trinajstić information content (AvgIpc) is 2.62. The maximum absolute atomic E-state index is 6.18. The first-order valence-electron chi connectivity index (χ1n) is 8.63. The molecule has 3 heteroatoms. The van der Waals surface area contributed by atoms with Gasteiger partial charge in [0, 0.05) is 43.8 Å². The number of piperazine rings is 1. The first-order chi connectivity index (χ1) is 11.8. The summed E-state index contributed by atoms with van der Waals surface area (Å²) in [5, 5.41) is 0.815. The SMILES string of the molecule is C=CCN1CCN(C(Cc2cccc(Cl)c2)c2ccccc2)CC1. The van der Waals surface area contributed by atoms with Crippen molar-refractivity contribution in [1.82, 2.24) is 9.80 Å². The molecule has 1 aliphatic rings. The van der Waals surface area contributed by atoms with E-state index in [0.29, 0.717) is 6.04 Å². The lowest BCUT2D eigenvalue weighted by molar-refractivity contribution is 0.102. The maximum atomic E-state index is 6.18. The molecule has 3 rings (SSSR count). The first kappa shape index (κ1) is 17.2. The molecule has 2 aromatic rings. The Morgan fingerprint density at radius 1 is 1.00 bits per heavy atom. The Balaban J connectivity index is 1.77. The van der Waals surface area contributed by atoms with Crippen molar-refractivity contribution in [2.45, 2.75) is 12.5 Å². The van der Waals surface area contributed by atoms with Crippen molar-refractivity contribution >= 4 is 11.6 Å². The topological polar surface area (TPSA) is 6.48 Å². The molecule has 1 fully saturated rings. The van der Waals surface area contributed by atoms with Crippen LogP contribution < -0.4 is 0 Å². The number of hydrogen-bond donors (Lipinski definition) is 0. The van der Waals surface area contributed by atoms with Crippen LogP contribution in [-0.4, -0.2) is 42.5 Å². The van der Waals surface area contributed by atoms with Gasteiger partial charge in [0.1, 0.15) is 0 Å². The molecule has 1 unspecified atom stereocenters. The Bertz CT molecular complexity index is 648. The van der Waals surface area contributed by atoms with E-state index in [0.717, 1.165) is 44.2 Å². The fraction of sp³-hybridized carbons (Fsp3) is 0.333. The normalized spacial score (nSPS) is 17.5. The summed E-state index contributed by atoms with van der Waals surface area (Å²) in [6, 6.07) is 19.5. The zero-order chi connectivity index (χ0) is 16.8. The third-order valence-electron chi connectivity index (χ3n) is 4.74.